The van der Waals surface area contributed by atoms with Gasteiger partial charge in [-0.05, 0) is 12.8 Å². The molecular weight excluding hydrogens is 276 g/mol. The van der Waals surface area contributed by atoms with E-state index >= 15 is 0 Å². The van der Waals surface area contributed by atoms with Crippen LogP contribution >= 0.6 is 0 Å². The second-order valence-electron chi connectivity index (χ2n) is 5.73. The van der Waals surface area contributed by atoms with Gasteiger partial charge < -0.3 is 9.97 Å². The molecule has 0 fully saturated rings. The molecular formula is C17H26N4O. The molecule has 5 heteroatoms. The molecule has 2 aromatic rings. The molecule has 2 N–H and O–H groups in total. The Morgan fingerprint density at radius 2 is 1.32 bits per heavy atom. The molecule has 22 heavy (non-hydrogen) atoms. The number of aromatic amines is 2. The van der Waals surface area contributed by atoms with Crippen molar-refractivity contribution in [3.63, 3.8) is 0 Å². The summed E-state index contributed by atoms with van der Waals surface area (Å²) in [7, 11) is 0. The Balaban J connectivity index is 1.93. The van der Waals surface area contributed by atoms with Crippen molar-refractivity contribution in [2.24, 2.45) is 0 Å². The zero-order chi connectivity index (χ0) is 15.8. The van der Waals surface area contributed by atoms with E-state index in [1.165, 1.54) is 25.7 Å². The van der Waals surface area contributed by atoms with Gasteiger partial charge in [0.25, 0.3) is 0 Å². The molecule has 0 aromatic carbocycles. The number of ketones is 1. The molecule has 0 saturated carbocycles. The monoisotopic (exact) mass is 302 g/mol. The summed E-state index contributed by atoms with van der Waals surface area (Å²) in [4.78, 5) is 27.2. The van der Waals surface area contributed by atoms with Crippen molar-refractivity contribution in [3.05, 3.63) is 35.4 Å². The lowest BCUT2D eigenvalue weighted by atomic mass is 10.2. The lowest BCUT2D eigenvalue weighted by Gasteiger charge is -1.97. The number of nitrogens with one attached hydrogen (secondary N) is 2. The summed E-state index contributed by atoms with van der Waals surface area (Å²) in [6.45, 7) is 4.35. The highest BCUT2D eigenvalue weighted by Crippen LogP contribution is 2.10. The fourth-order valence-electron chi connectivity index (χ4n) is 2.44. The molecule has 0 aliphatic heterocycles. The maximum Gasteiger partial charge on any atom is 0.228 e. The largest absolute Gasteiger partial charge is 0.339 e. The Kier molecular flexibility index (Phi) is 6.37. The van der Waals surface area contributed by atoms with Crippen LogP contribution in [-0.2, 0) is 12.8 Å². The van der Waals surface area contributed by atoms with E-state index in [-0.39, 0.29) is 5.78 Å². The number of carbonyl (C=O) groups excluding carboxylic acids is 1. The van der Waals surface area contributed by atoms with Crippen LogP contribution in [0.5, 0.6) is 0 Å². The van der Waals surface area contributed by atoms with Crippen LogP contribution < -0.4 is 0 Å². The van der Waals surface area contributed by atoms with Gasteiger partial charge >= 0.3 is 0 Å². The van der Waals surface area contributed by atoms with Gasteiger partial charge in [0.1, 0.15) is 23.0 Å². The number of aromatic nitrogens is 4. The number of H-pyrrole nitrogens is 2. The second-order valence-corrected chi connectivity index (χ2v) is 5.73. The van der Waals surface area contributed by atoms with Gasteiger partial charge in [-0.3, -0.25) is 4.79 Å². The van der Waals surface area contributed by atoms with Crippen molar-refractivity contribution in [2.45, 2.75) is 65.2 Å². The number of hydrogen-bond donors (Lipinski definition) is 2. The van der Waals surface area contributed by atoms with E-state index in [1.54, 1.807) is 12.4 Å². The first-order chi connectivity index (χ1) is 10.7. The molecule has 0 aliphatic carbocycles. The van der Waals surface area contributed by atoms with Crippen molar-refractivity contribution in [2.75, 3.05) is 0 Å². The number of carbonyl (C=O) groups is 1. The van der Waals surface area contributed by atoms with Gasteiger partial charge in [-0.15, -0.1) is 0 Å². The van der Waals surface area contributed by atoms with Gasteiger partial charge in [-0.2, -0.15) is 0 Å². The van der Waals surface area contributed by atoms with E-state index < -0.39 is 0 Å². The van der Waals surface area contributed by atoms with E-state index in [0.717, 1.165) is 37.3 Å². The molecule has 2 aromatic heterocycles. The Hall–Kier alpha value is -1.91. The molecule has 0 aliphatic rings. The van der Waals surface area contributed by atoms with Crippen LogP contribution in [0.2, 0.25) is 0 Å². The molecule has 0 unspecified atom stereocenters. The lowest BCUT2D eigenvalue weighted by molar-refractivity contribution is 0.103. The number of unbranched alkanes of at least 4 members (excludes halogenated alkanes) is 4. The smallest absolute Gasteiger partial charge is 0.228 e. The van der Waals surface area contributed by atoms with E-state index in [0.29, 0.717) is 11.4 Å². The van der Waals surface area contributed by atoms with Gasteiger partial charge in [0.15, 0.2) is 0 Å². The maximum atomic E-state index is 12.4. The Labute approximate surface area is 132 Å². The third-order valence-corrected chi connectivity index (χ3v) is 3.78. The van der Waals surface area contributed by atoms with Crippen molar-refractivity contribution in [1.29, 1.82) is 0 Å². The standard InChI is InChI=1S/C17H26N4O/c1-3-5-7-9-15-18-11-13(20-15)17(22)14-12-19-16(21-14)10-8-6-4-2/h11-12H,3-10H2,1-2H3,(H,18,20)(H,19,21). The minimum atomic E-state index is -0.0662. The third kappa shape index (κ3) is 4.55. The molecule has 2 rings (SSSR count). The van der Waals surface area contributed by atoms with Crippen molar-refractivity contribution in [1.82, 2.24) is 19.9 Å². The minimum Gasteiger partial charge on any atom is -0.339 e. The Morgan fingerprint density at radius 3 is 1.73 bits per heavy atom. The number of hydrogen-bond acceptors (Lipinski definition) is 3. The quantitative estimate of drug-likeness (QED) is 0.517. The fourth-order valence-corrected chi connectivity index (χ4v) is 2.44. The summed E-state index contributed by atoms with van der Waals surface area (Å²) in [6.07, 6.45) is 12.0. The number of rotatable bonds is 10. The summed E-state index contributed by atoms with van der Waals surface area (Å²) in [5.74, 6) is 1.71. The fraction of sp³-hybridized carbons (Fsp3) is 0.588. The van der Waals surface area contributed by atoms with Gasteiger partial charge in [-0.25, -0.2) is 9.97 Å². The molecule has 0 radical (unpaired) electrons. The first-order valence-corrected chi connectivity index (χ1v) is 8.37. The van der Waals surface area contributed by atoms with E-state index in [2.05, 4.69) is 33.8 Å². The summed E-state index contributed by atoms with van der Waals surface area (Å²) >= 11 is 0. The molecule has 120 valence electrons. The zero-order valence-electron chi connectivity index (χ0n) is 13.6. The predicted molar refractivity (Wildman–Crippen MR) is 87.1 cm³/mol. The van der Waals surface area contributed by atoms with Gasteiger partial charge in [0.2, 0.25) is 5.78 Å². The zero-order valence-corrected chi connectivity index (χ0v) is 13.6. The molecule has 0 saturated heterocycles. The molecule has 0 spiro atoms. The highest BCUT2D eigenvalue weighted by atomic mass is 16.1. The SMILES string of the molecule is CCCCCc1ncc(C(=O)c2cnc(CCCCC)[nH]2)[nH]1. The highest BCUT2D eigenvalue weighted by molar-refractivity contribution is 6.06. The van der Waals surface area contributed by atoms with Crippen LogP contribution in [0.1, 0.15) is 80.2 Å². The Morgan fingerprint density at radius 1 is 0.864 bits per heavy atom. The van der Waals surface area contributed by atoms with Crippen LogP contribution in [-0.4, -0.2) is 25.7 Å². The first kappa shape index (κ1) is 16.5. The molecule has 0 atom stereocenters. The van der Waals surface area contributed by atoms with Gasteiger partial charge in [0.05, 0.1) is 12.4 Å². The summed E-state index contributed by atoms with van der Waals surface area (Å²) in [5.41, 5.74) is 1.07. The second kappa shape index (κ2) is 8.51. The number of aryl methyl sites for hydroxylation is 2. The maximum absolute atomic E-state index is 12.4. The minimum absolute atomic E-state index is 0.0662. The topological polar surface area (TPSA) is 74.4 Å². The van der Waals surface area contributed by atoms with Crippen molar-refractivity contribution in [3.8, 4) is 0 Å². The predicted octanol–water partition coefficient (Wildman–Crippen LogP) is 3.83. The first-order valence-electron chi connectivity index (χ1n) is 8.37. The van der Waals surface area contributed by atoms with E-state index in [4.69, 9.17) is 0 Å². The van der Waals surface area contributed by atoms with Gasteiger partial charge in [0, 0.05) is 12.8 Å². The van der Waals surface area contributed by atoms with Gasteiger partial charge in [-0.1, -0.05) is 39.5 Å². The average molecular weight is 302 g/mol. The van der Waals surface area contributed by atoms with Crippen LogP contribution in [0, 0.1) is 0 Å². The van der Waals surface area contributed by atoms with E-state index in [9.17, 15) is 4.79 Å². The number of nitrogens with zero attached hydrogens (tertiary/aromatic N) is 2. The normalized spacial score (nSPS) is 11.0. The summed E-state index contributed by atoms with van der Waals surface area (Å²) in [5, 5.41) is 0. The van der Waals surface area contributed by atoms with E-state index in [1.807, 2.05) is 0 Å². The average Bonchev–Trinajstić information content (AvgIpc) is 3.17. The molecule has 0 bridgehead atoms. The third-order valence-electron chi connectivity index (χ3n) is 3.78. The lowest BCUT2D eigenvalue weighted by Crippen LogP contribution is -2.03. The number of imidazole rings is 2. The molecule has 0 amide bonds. The summed E-state index contributed by atoms with van der Waals surface area (Å²) < 4.78 is 0. The van der Waals surface area contributed by atoms with Crippen LogP contribution in [0.4, 0.5) is 0 Å². The van der Waals surface area contributed by atoms with Crippen molar-refractivity contribution < 1.29 is 4.79 Å². The molecule has 2 heterocycles. The van der Waals surface area contributed by atoms with Crippen LogP contribution in [0.3, 0.4) is 0 Å². The van der Waals surface area contributed by atoms with Crippen molar-refractivity contribution >= 4 is 5.78 Å². The highest BCUT2D eigenvalue weighted by Gasteiger charge is 2.14. The van der Waals surface area contributed by atoms with Crippen LogP contribution in [0.25, 0.3) is 0 Å². The Bertz CT molecular complexity index is 535. The molecule has 5 nitrogen and oxygen atoms in total. The van der Waals surface area contributed by atoms with Crippen LogP contribution in [0.15, 0.2) is 12.4 Å². The summed E-state index contributed by atoms with van der Waals surface area (Å²) in [6, 6.07) is 0.